The summed E-state index contributed by atoms with van der Waals surface area (Å²) in [6, 6.07) is 25.0. The number of carbonyl (C=O) groups is 2. The van der Waals surface area contributed by atoms with Gasteiger partial charge in [0.1, 0.15) is 17.7 Å². The van der Waals surface area contributed by atoms with Crippen molar-refractivity contribution < 1.29 is 9.59 Å². The molecular weight excluding hydrogens is 624 g/mol. The summed E-state index contributed by atoms with van der Waals surface area (Å²) >= 11 is 0. The maximum Gasteiger partial charge on any atom is 0.267 e. The second-order valence-corrected chi connectivity index (χ2v) is 12.8. The van der Waals surface area contributed by atoms with Gasteiger partial charge in [0.15, 0.2) is 0 Å². The van der Waals surface area contributed by atoms with E-state index >= 15 is 0 Å². The summed E-state index contributed by atoms with van der Waals surface area (Å²) in [5.74, 6) is -0.408. The topological polar surface area (TPSA) is 129 Å². The number of fused-ring (bicyclic) bond motifs is 1. The first kappa shape index (κ1) is 32.8. The molecule has 0 aliphatic carbocycles. The Morgan fingerprint density at radius 3 is 2.18 bits per heavy atom. The number of hydrogen-bond acceptors (Lipinski definition) is 7. The fraction of sp³-hybridized carbons (Fsp3) is 0.250. The van der Waals surface area contributed by atoms with Crippen molar-refractivity contribution in [3.05, 3.63) is 137 Å². The number of likely N-dealkylation sites (tertiary alicyclic amines) is 1. The fourth-order valence-corrected chi connectivity index (χ4v) is 7.13. The largest absolute Gasteiger partial charge is 0.349 e. The average molecular weight is 665 g/mol. The van der Waals surface area contributed by atoms with Gasteiger partial charge in [-0.1, -0.05) is 42.5 Å². The maximum atomic E-state index is 13.6. The van der Waals surface area contributed by atoms with Gasteiger partial charge < -0.3 is 15.6 Å². The SMILES string of the molecule is Cc1cccnc1[C@H]1CCC[C@@H](c2ncccc2C)N1CCNC(=O)c1cc2c(-c3cccc(NC(=O)c4ccccc4)c3C)ncnc2[nH]1. The zero-order chi connectivity index (χ0) is 34.6. The summed E-state index contributed by atoms with van der Waals surface area (Å²) in [4.78, 5) is 50.8. The van der Waals surface area contributed by atoms with Crippen LogP contribution in [0.4, 0.5) is 5.69 Å². The molecule has 0 saturated carbocycles. The first-order valence-electron chi connectivity index (χ1n) is 17.1. The molecule has 1 fully saturated rings. The van der Waals surface area contributed by atoms with Gasteiger partial charge in [-0.3, -0.25) is 24.5 Å². The maximum absolute atomic E-state index is 13.6. The minimum atomic E-state index is -0.220. The van der Waals surface area contributed by atoms with Crippen molar-refractivity contribution >= 4 is 28.5 Å². The van der Waals surface area contributed by atoms with Gasteiger partial charge >= 0.3 is 0 Å². The Hall–Kier alpha value is -5.74. The summed E-state index contributed by atoms with van der Waals surface area (Å²) in [5, 5.41) is 6.90. The lowest BCUT2D eigenvalue weighted by atomic mass is 9.89. The van der Waals surface area contributed by atoms with Crippen LogP contribution in [0.1, 0.15) is 80.3 Å². The van der Waals surface area contributed by atoms with Gasteiger partial charge in [0.05, 0.1) is 29.2 Å². The smallest absolute Gasteiger partial charge is 0.267 e. The molecule has 0 bridgehead atoms. The van der Waals surface area contributed by atoms with Gasteiger partial charge in [-0.15, -0.1) is 0 Å². The molecule has 5 heterocycles. The second kappa shape index (κ2) is 14.4. The lowest BCUT2D eigenvalue weighted by Crippen LogP contribution is -2.42. The number of aromatic amines is 1. The van der Waals surface area contributed by atoms with Crippen LogP contribution in [0.3, 0.4) is 0 Å². The highest BCUT2D eigenvalue weighted by molar-refractivity contribution is 6.06. The van der Waals surface area contributed by atoms with Crippen LogP contribution in [-0.4, -0.2) is 54.7 Å². The molecule has 0 unspecified atom stereocenters. The van der Waals surface area contributed by atoms with E-state index in [1.165, 1.54) is 17.5 Å². The number of amides is 2. The van der Waals surface area contributed by atoms with Crippen LogP contribution in [0.5, 0.6) is 0 Å². The third-order valence-corrected chi connectivity index (χ3v) is 9.69. The number of benzene rings is 2. The minimum Gasteiger partial charge on any atom is -0.349 e. The molecule has 3 N–H and O–H groups in total. The lowest BCUT2D eigenvalue weighted by molar-refractivity contribution is 0.0737. The Morgan fingerprint density at radius 2 is 1.50 bits per heavy atom. The van der Waals surface area contributed by atoms with Crippen LogP contribution in [-0.2, 0) is 0 Å². The van der Waals surface area contributed by atoms with E-state index < -0.39 is 0 Å². The standard InChI is InChI=1S/C40H40N8O2/c1-25-11-9-19-41-35(25)33-17-8-18-34(36-26(2)12-10-20-42-36)48(33)22-21-43-40(50)32-23-30-37(44-24-45-38(30)46-32)29-15-7-16-31(27(29)3)47-39(49)28-13-5-4-6-14-28/h4-7,9-16,19-20,23-24,33-34H,8,17-18,21-22H2,1-3H3,(H,43,50)(H,47,49)(H,44,45,46)/t33-,34+. The van der Waals surface area contributed by atoms with E-state index in [-0.39, 0.29) is 23.9 Å². The van der Waals surface area contributed by atoms with E-state index in [1.54, 1.807) is 18.2 Å². The summed E-state index contributed by atoms with van der Waals surface area (Å²) < 4.78 is 0. The number of nitrogens with one attached hydrogen (secondary N) is 3. The van der Waals surface area contributed by atoms with Gasteiger partial charge in [-0.25, -0.2) is 9.97 Å². The fourth-order valence-electron chi connectivity index (χ4n) is 7.13. The predicted molar refractivity (Wildman–Crippen MR) is 195 cm³/mol. The Morgan fingerprint density at radius 1 is 0.800 bits per heavy atom. The Kier molecular flexibility index (Phi) is 9.44. The molecule has 1 aliphatic heterocycles. The number of rotatable bonds is 9. The monoisotopic (exact) mass is 664 g/mol. The predicted octanol–water partition coefficient (Wildman–Crippen LogP) is 7.29. The van der Waals surface area contributed by atoms with E-state index in [0.29, 0.717) is 41.4 Å². The van der Waals surface area contributed by atoms with E-state index in [2.05, 4.69) is 56.5 Å². The van der Waals surface area contributed by atoms with Gasteiger partial charge in [0.2, 0.25) is 0 Å². The first-order valence-corrected chi connectivity index (χ1v) is 17.1. The minimum absolute atomic E-state index is 0.121. The number of pyridine rings is 2. The average Bonchev–Trinajstić information content (AvgIpc) is 3.59. The molecule has 10 nitrogen and oxygen atoms in total. The molecule has 1 saturated heterocycles. The quantitative estimate of drug-likeness (QED) is 0.148. The molecule has 2 amide bonds. The number of piperidine rings is 1. The Bertz CT molecular complexity index is 2110. The third kappa shape index (κ3) is 6.62. The number of nitrogens with zero attached hydrogens (tertiary/aromatic N) is 5. The van der Waals surface area contributed by atoms with E-state index in [0.717, 1.165) is 47.2 Å². The zero-order valence-electron chi connectivity index (χ0n) is 28.5. The van der Waals surface area contributed by atoms with Crippen LogP contribution in [0.2, 0.25) is 0 Å². The number of anilines is 1. The molecule has 50 heavy (non-hydrogen) atoms. The Labute approximate surface area is 291 Å². The van der Waals surface area contributed by atoms with Crippen molar-refractivity contribution in [1.29, 1.82) is 0 Å². The normalized spacial score (nSPS) is 16.3. The molecule has 6 aromatic rings. The summed E-state index contributed by atoms with van der Waals surface area (Å²) in [7, 11) is 0. The highest BCUT2D eigenvalue weighted by atomic mass is 16.2. The number of carbonyl (C=O) groups excluding carboxylic acids is 2. The van der Waals surface area contributed by atoms with Gasteiger partial charge in [0.25, 0.3) is 11.8 Å². The molecular formula is C40H40N8O2. The van der Waals surface area contributed by atoms with Crippen molar-refractivity contribution in [1.82, 2.24) is 35.1 Å². The third-order valence-electron chi connectivity index (χ3n) is 9.69. The zero-order valence-corrected chi connectivity index (χ0v) is 28.5. The summed E-state index contributed by atoms with van der Waals surface area (Å²) in [6.45, 7) is 7.26. The molecule has 4 aromatic heterocycles. The summed E-state index contributed by atoms with van der Waals surface area (Å²) in [6.07, 6.45) is 8.28. The van der Waals surface area contributed by atoms with E-state index in [4.69, 9.17) is 9.97 Å². The highest BCUT2D eigenvalue weighted by Gasteiger charge is 2.35. The van der Waals surface area contributed by atoms with Crippen LogP contribution >= 0.6 is 0 Å². The van der Waals surface area contributed by atoms with Crippen molar-refractivity contribution in [2.24, 2.45) is 0 Å². The van der Waals surface area contributed by atoms with Crippen LogP contribution in [0, 0.1) is 20.8 Å². The summed E-state index contributed by atoms with van der Waals surface area (Å²) in [5.41, 5.74) is 9.10. The number of aromatic nitrogens is 5. The number of H-pyrrole nitrogens is 1. The van der Waals surface area contributed by atoms with Crippen molar-refractivity contribution in [3.63, 3.8) is 0 Å². The molecule has 10 heteroatoms. The highest BCUT2D eigenvalue weighted by Crippen LogP contribution is 2.41. The second-order valence-electron chi connectivity index (χ2n) is 12.8. The molecule has 0 spiro atoms. The number of hydrogen-bond donors (Lipinski definition) is 3. The van der Waals surface area contributed by atoms with Crippen LogP contribution < -0.4 is 10.6 Å². The molecule has 1 aliphatic rings. The van der Waals surface area contributed by atoms with E-state index in [1.807, 2.05) is 67.8 Å². The van der Waals surface area contributed by atoms with Crippen molar-refractivity contribution in [3.8, 4) is 11.3 Å². The molecule has 252 valence electrons. The van der Waals surface area contributed by atoms with Crippen LogP contribution in [0.15, 0.2) is 97.6 Å². The molecule has 0 radical (unpaired) electrons. The number of aryl methyl sites for hydroxylation is 2. The molecule has 2 aromatic carbocycles. The van der Waals surface area contributed by atoms with Gasteiger partial charge in [-0.2, -0.15) is 0 Å². The van der Waals surface area contributed by atoms with Gasteiger partial charge in [0, 0.05) is 47.7 Å². The molecule has 2 atom stereocenters. The Balaban J connectivity index is 1.11. The van der Waals surface area contributed by atoms with Gasteiger partial charge in [-0.05, 0) is 93.1 Å². The van der Waals surface area contributed by atoms with Crippen molar-refractivity contribution in [2.45, 2.75) is 52.1 Å². The first-order chi connectivity index (χ1) is 24.4. The molecule has 7 rings (SSSR count). The lowest BCUT2D eigenvalue weighted by Gasteiger charge is -2.42. The van der Waals surface area contributed by atoms with Crippen LogP contribution in [0.25, 0.3) is 22.3 Å². The van der Waals surface area contributed by atoms with Crippen molar-refractivity contribution in [2.75, 3.05) is 18.4 Å². The van der Waals surface area contributed by atoms with E-state index in [9.17, 15) is 9.59 Å².